The number of carbonyl (C=O) groups is 2. The zero-order valence-corrected chi connectivity index (χ0v) is 14.6. The number of esters is 1. The second-order valence-corrected chi connectivity index (χ2v) is 6.84. The summed E-state index contributed by atoms with van der Waals surface area (Å²) in [4.78, 5) is 28.8. The van der Waals surface area contributed by atoms with Crippen LogP contribution in [-0.2, 0) is 20.9 Å². The Morgan fingerprint density at radius 3 is 2.60 bits per heavy atom. The van der Waals surface area contributed by atoms with E-state index in [1.54, 1.807) is 20.8 Å². The van der Waals surface area contributed by atoms with Crippen LogP contribution in [0.4, 0.5) is 4.79 Å². The third-order valence-corrected chi connectivity index (χ3v) is 3.62. The molecule has 8 heteroatoms. The van der Waals surface area contributed by atoms with E-state index in [0.29, 0.717) is 0 Å². The third kappa shape index (κ3) is 5.39. The molecule has 0 bridgehead atoms. The summed E-state index contributed by atoms with van der Waals surface area (Å²) in [5, 5.41) is 3.63. The summed E-state index contributed by atoms with van der Waals surface area (Å²) in [5.41, 5.74) is 8.79. The molecule has 25 heavy (non-hydrogen) atoms. The van der Waals surface area contributed by atoms with Crippen molar-refractivity contribution in [2.24, 2.45) is 5.11 Å². The van der Waals surface area contributed by atoms with Crippen LogP contribution in [0.1, 0.15) is 32.8 Å². The molecule has 1 unspecified atom stereocenters. The predicted molar refractivity (Wildman–Crippen MR) is 90.5 cm³/mol. The third-order valence-electron chi connectivity index (χ3n) is 3.62. The highest BCUT2D eigenvalue weighted by Gasteiger charge is 2.42. The standard InChI is InChI=1S/C17H22N4O4/c1-17(2,3)25-16(23)21-10-13(19-20-18)9-14(21)15(22)24-11-12-7-5-4-6-8-12/h4-8,13-14H,9-11H2,1-3H3/t13-,14?/m0/s1. The van der Waals surface area contributed by atoms with Crippen molar-refractivity contribution in [2.75, 3.05) is 6.54 Å². The molecular weight excluding hydrogens is 324 g/mol. The van der Waals surface area contributed by atoms with Gasteiger partial charge in [-0.25, -0.2) is 9.59 Å². The molecule has 0 saturated carbocycles. The van der Waals surface area contributed by atoms with Crippen LogP contribution >= 0.6 is 0 Å². The first kappa shape index (κ1) is 18.6. The smallest absolute Gasteiger partial charge is 0.411 e. The van der Waals surface area contributed by atoms with Crippen LogP contribution < -0.4 is 0 Å². The van der Waals surface area contributed by atoms with E-state index in [1.807, 2.05) is 30.3 Å². The lowest BCUT2D eigenvalue weighted by Gasteiger charge is -2.27. The quantitative estimate of drug-likeness (QED) is 0.360. The molecule has 1 aromatic carbocycles. The lowest BCUT2D eigenvalue weighted by molar-refractivity contribution is -0.150. The summed E-state index contributed by atoms with van der Waals surface area (Å²) >= 11 is 0. The van der Waals surface area contributed by atoms with Gasteiger partial charge in [0.15, 0.2) is 0 Å². The van der Waals surface area contributed by atoms with E-state index in [2.05, 4.69) is 10.0 Å². The number of likely N-dealkylation sites (tertiary alicyclic amines) is 1. The minimum absolute atomic E-state index is 0.116. The Labute approximate surface area is 146 Å². The van der Waals surface area contributed by atoms with Crippen molar-refractivity contribution < 1.29 is 19.1 Å². The van der Waals surface area contributed by atoms with Crippen LogP contribution in [0.3, 0.4) is 0 Å². The van der Waals surface area contributed by atoms with E-state index in [1.165, 1.54) is 4.90 Å². The fourth-order valence-electron chi connectivity index (χ4n) is 2.54. The van der Waals surface area contributed by atoms with Gasteiger partial charge < -0.3 is 9.47 Å². The maximum atomic E-state index is 12.4. The number of benzene rings is 1. The fourth-order valence-corrected chi connectivity index (χ4v) is 2.54. The minimum Gasteiger partial charge on any atom is -0.459 e. The van der Waals surface area contributed by atoms with Crippen LogP contribution in [0.5, 0.6) is 0 Å². The Bertz CT molecular complexity index is 665. The number of hydrogen-bond donors (Lipinski definition) is 0. The van der Waals surface area contributed by atoms with E-state index in [4.69, 9.17) is 15.0 Å². The molecule has 2 rings (SSSR count). The maximum Gasteiger partial charge on any atom is 0.411 e. The molecule has 1 saturated heterocycles. The van der Waals surface area contributed by atoms with Gasteiger partial charge in [0.2, 0.25) is 0 Å². The minimum atomic E-state index is -0.825. The summed E-state index contributed by atoms with van der Waals surface area (Å²) in [6, 6.07) is 7.96. The van der Waals surface area contributed by atoms with E-state index >= 15 is 0 Å². The Morgan fingerprint density at radius 2 is 2.00 bits per heavy atom. The van der Waals surface area contributed by atoms with Gasteiger partial charge in [0.1, 0.15) is 18.2 Å². The fraction of sp³-hybridized carbons (Fsp3) is 0.529. The molecule has 0 spiro atoms. The van der Waals surface area contributed by atoms with Crippen LogP contribution in [0, 0.1) is 0 Å². The molecular formula is C17H22N4O4. The highest BCUT2D eigenvalue weighted by molar-refractivity contribution is 5.82. The van der Waals surface area contributed by atoms with E-state index in [9.17, 15) is 9.59 Å². The van der Waals surface area contributed by atoms with Crippen molar-refractivity contribution in [3.05, 3.63) is 46.3 Å². The highest BCUT2D eigenvalue weighted by Crippen LogP contribution is 2.24. The summed E-state index contributed by atoms with van der Waals surface area (Å²) in [7, 11) is 0. The van der Waals surface area contributed by atoms with E-state index < -0.39 is 29.7 Å². The summed E-state index contributed by atoms with van der Waals surface area (Å²) in [6.45, 7) is 5.48. The molecule has 1 heterocycles. The predicted octanol–water partition coefficient (Wildman–Crippen LogP) is 3.42. The van der Waals surface area contributed by atoms with Gasteiger partial charge in [0.05, 0.1) is 6.04 Å². The lowest BCUT2D eigenvalue weighted by atomic mass is 10.2. The molecule has 0 radical (unpaired) electrons. The molecule has 1 aromatic rings. The molecule has 8 nitrogen and oxygen atoms in total. The van der Waals surface area contributed by atoms with Gasteiger partial charge in [-0.05, 0) is 38.3 Å². The second kappa shape index (κ2) is 7.90. The van der Waals surface area contributed by atoms with Gasteiger partial charge in [-0.3, -0.25) is 4.90 Å². The summed E-state index contributed by atoms with van der Waals surface area (Å²) in [5.74, 6) is -0.537. The Morgan fingerprint density at radius 1 is 1.32 bits per heavy atom. The van der Waals surface area contributed by atoms with Gasteiger partial charge in [-0.2, -0.15) is 0 Å². The van der Waals surface area contributed by atoms with Crippen LogP contribution in [0.2, 0.25) is 0 Å². The average molecular weight is 346 g/mol. The van der Waals surface area contributed by atoms with Crippen LogP contribution in [0.15, 0.2) is 35.4 Å². The van der Waals surface area contributed by atoms with Crippen molar-refractivity contribution in [3.8, 4) is 0 Å². The maximum absolute atomic E-state index is 12.4. The first-order valence-corrected chi connectivity index (χ1v) is 8.04. The monoisotopic (exact) mass is 346 g/mol. The summed E-state index contributed by atoms with van der Waals surface area (Å²) in [6.07, 6.45) is -0.401. The lowest BCUT2D eigenvalue weighted by Crippen LogP contribution is -2.44. The molecule has 1 aliphatic rings. The molecule has 0 aliphatic carbocycles. The number of azide groups is 1. The van der Waals surface area contributed by atoms with E-state index in [0.717, 1.165) is 5.56 Å². The molecule has 1 fully saturated rings. The molecule has 134 valence electrons. The Hall–Kier alpha value is -2.73. The van der Waals surface area contributed by atoms with Crippen LogP contribution in [0.25, 0.3) is 10.4 Å². The number of amides is 1. The first-order valence-electron chi connectivity index (χ1n) is 8.04. The van der Waals surface area contributed by atoms with Gasteiger partial charge in [-0.15, -0.1) is 0 Å². The van der Waals surface area contributed by atoms with Gasteiger partial charge in [-0.1, -0.05) is 35.4 Å². The van der Waals surface area contributed by atoms with Crippen molar-refractivity contribution in [1.29, 1.82) is 0 Å². The molecule has 2 atom stereocenters. The number of rotatable bonds is 4. The van der Waals surface area contributed by atoms with Crippen LogP contribution in [-0.4, -0.2) is 41.2 Å². The Kier molecular flexibility index (Phi) is 5.88. The average Bonchev–Trinajstić information content (AvgIpc) is 2.97. The van der Waals surface area contributed by atoms with Gasteiger partial charge in [0.25, 0.3) is 0 Å². The highest BCUT2D eigenvalue weighted by atomic mass is 16.6. The van der Waals surface area contributed by atoms with Crippen molar-refractivity contribution in [2.45, 2.75) is 51.5 Å². The molecule has 0 aromatic heterocycles. The number of nitrogens with zero attached hydrogens (tertiary/aromatic N) is 4. The Balaban J connectivity index is 2.06. The number of ether oxygens (including phenoxy) is 2. The zero-order valence-electron chi connectivity index (χ0n) is 14.6. The molecule has 0 N–H and O–H groups in total. The largest absolute Gasteiger partial charge is 0.459 e. The normalized spacial score (nSPS) is 19.9. The zero-order chi connectivity index (χ0) is 18.4. The topological polar surface area (TPSA) is 105 Å². The van der Waals surface area contributed by atoms with E-state index in [-0.39, 0.29) is 19.6 Å². The first-order chi connectivity index (χ1) is 11.8. The van der Waals surface area contributed by atoms with Crippen molar-refractivity contribution in [1.82, 2.24) is 4.90 Å². The molecule has 1 aliphatic heterocycles. The number of hydrogen-bond acceptors (Lipinski definition) is 5. The van der Waals surface area contributed by atoms with Crippen molar-refractivity contribution >= 4 is 12.1 Å². The SMILES string of the molecule is CC(C)(C)OC(=O)N1C[C@@H](N=[N+]=[N-])CC1C(=O)OCc1ccccc1. The number of carbonyl (C=O) groups excluding carboxylic acids is 2. The summed E-state index contributed by atoms with van der Waals surface area (Å²) < 4.78 is 10.7. The van der Waals surface area contributed by atoms with Gasteiger partial charge >= 0.3 is 12.1 Å². The van der Waals surface area contributed by atoms with Crippen molar-refractivity contribution in [3.63, 3.8) is 0 Å². The second-order valence-electron chi connectivity index (χ2n) is 6.84. The molecule has 1 amide bonds. The van der Waals surface area contributed by atoms with Gasteiger partial charge in [0, 0.05) is 11.5 Å².